The first-order valence-corrected chi connectivity index (χ1v) is 5.97. The monoisotopic (exact) mass is 337 g/mol. The van der Waals surface area contributed by atoms with E-state index in [-0.39, 0.29) is 5.11 Å². The molecule has 13 heavy (non-hydrogen) atoms. The van der Waals surface area contributed by atoms with Gasteiger partial charge in [0, 0.05) is 4.47 Å². The summed E-state index contributed by atoms with van der Waals surface area (Å²) < 4.78 is 2.00. The Kier molecular flexibility index (Phi) is 2.68. The number of hydrogen-bond acceptors (Lipinski definition) is 3. The first kappa shape index (κ1) is 9.57. The number of hydrogen-bond donors (Lipinski definition) is 0. The molecule has 7 heteroatoms. The average molecular weight is 339 g/mol. The molecule has 1 aliphatic heterocycles. The molecule has 0 aliphatic carbocycles. The molecule has 2 heterocycles. The van der Waals surface area contributed by atoms with Gasteiger partial charge in [0.1, 0.15) is 0 Å². The molecule has 3 nitrogen and oxygen atoms in total. The maximum atomic E-state index is 4.77. The molecule has 0 fully saturated rings. The Bertz CT molecular complexity index is 416. The van der Waals surface area contributed by atoms with Crippen molar-refractivity contribution in [3.8, 4) is 0 Å². The zero-order valence-corrected chi connectivity index (χ0v) is 10.8. The summed E-state index contributed by atoms with van der Waals surface area (Å²) in [5, 5.41) is 7.79. The van der Waals surface area contributed by atoms with Crippen LogP contribution in [-0.4, -0.2) is 10.9 Å². The topological polar surface area (TPSA) is 37.1 Å². The Morgan fingerprint density at radius 2 is 2.08 bits per heavy atom. The SMILES string of the molecule is S=C1N=NC(c2cc(Br)c(Br)s2)=N1. The van der Waals surface area contributed by atoms with Crippen LogP contribution in [0.1, 0.15) is 4.88 Å². The summed E-state index contributed by atoms with van der Waals surface area (Å²) in [6.07, 6.45) is 0. The smallest absolute Gasteiger partial charge is 0.194 e. The number of rotatable bonds is 1. The van der Waals surface area contributed by atoms with Crippen LogP contribution in [0.4, 0.5) is 0 Å². The number of halogens is 2. The van der Waals surface area contributed by atoms with Gasteiger partial charge in [-0.2, -0.15) is 4.99 Å². The number of aliphatic imine (C=N–C) groups is 1. The molecule has 0 aromatic carbocycles. The van der Waals surface area contributed by atoms with Gasteiger partial charge in [0.15, 0.2) is 5.84 Å². The molecule has 0 saturated carbocycles. The Balaban J connectivity index is 2.42. The Morgan fingerprint density at radius 1 is 1.31 bits per heavy atom. The molecule has 0 N–H and O–H groups in total. The molecule has 0 unspecified atom stereocenters. The van der Waals surface area contributed by atoms with Gasteiger partial charge < -0.3 is 0 Å². The van der Waals surface area contributed by atoms with Crippen LogP contribution in [0.5, 0.6) is 0 Å². The van der Waals surface area contributed by atoms with Crippen molar-refractivity contribution in [3.63, 3.8) is 0 Å². The van der Waals surface area contributed by atoms with Gasteiger partial charge in [-0.25, -0.2) is 0 Å². The quantitative estimate of drug-likeness (QED) is 0.718. The van der Waals surface area contributed by atoms with E-state index in [1.807, 2.05) is 6.07 Å². The summed E-state index contributed by atoms with van der Waals surface area (Å²) in [5.41, 5.74) is 0. The summed E-state index contributed by atoms with van der Waals surface area (Å²) in [7, 11) is 0. The fraction of sp³-hybridized carbons (Fsp3) is 0. The largest absolute Gasteiger partial charge is 0.242 e. The highest BCUT2D eigenvalue weighted by Gasteiger charge is 2.14. The van der Waals surface area contributed by atoms with Crippen molar-refractivity contribution in [2.45, 2.75) is 0 Å². The lowest BCUT2D eigenvalue weighted by atomic mass is 10.4. The fourth-order valence-corrected chi connectivity index (χ4v) is 2.88. The van der Waals surface area contributed by atoms with Crippen LogP contribution < -0.4 is 0 Å². The predicted octanol–water partition coefficient (Wildman–Crippen LogP) is 3.77. The summed E-state index contributed by atoms with van der Waals surface area (Å²) in [6.45, 7) is 0. The van der Waals surface area contributed by atoms with E-state index >= 15 is 0 Å². The number of thiocarbonyl (C=S) groups is 1. The Morgan fingerprint density at radius 3 is 2.54 bits per heavy atom. The van der Waals surface area contributed by atoms with Gasteiger partial charge in [-0.1, -0.05) is 0 Å². The molecule has 66 valence electrons. The van der Waals surface area contributed by atoms with Crippen LogP contribution in [0.25, 0.3) is 0 Å². The van der Waals surface area contributed by atoms with Crippen LogP contribution in [0.3, 0.4) is 0 Å². The third-order valence-corrected chi connectivity index (χ3v) is 4.72. The predicted molar refractivity (Wildman–Crippen MR) is 63.7 cm³/mol. The van der Waals surface area contributed by atoms with Crippen molar-refractivity contribution in [2.75, 3.05) is 0 Å². The zero-order valence-electron chi connectivity index (χ0n) is 5.99. The summed E-state index contributed by atoms with van der Waals surface area (Å²) in [4.78, 5) is 4.94. The lowest BCUT2D eigenvalue weighted by Gasteiger charge is -1.84. The number of amidine groups is 1. The van der Waals surface area contributed by atoms with Gasteiger partial charge in [-0.15, -0.1) is 21.6 Å². The minimum atomic E-state index is 0.288. The van der Waals surface area contributed by atoms with Crippen molar-refractivity contribution in [1.29, 1.82) is 0 Å². The first-order chi connectivity index (χ1) is 6.16. The highest BCUT2D eigenvalue weighted by Crippen LogP contribution is 2.33. The van der Waals surface area contributed by atoms with Crippen LogP contribution in [0, 0.1) is 0 Å². The maximum absolute atomic E-state index is 4.77. The summed E-state index contributed by atoms with van der Waals surface area (Å²) in [5.74, 6) is 0.585. The van der Waals surface area contributed by atoms with E-state index in [2.05, 4.69) is 47.1 Å². The number of azo groups is 1. The number of nitrogens with zero attached hydrogens (tertiary/aromatic N) is 3. The van der Waals surface area contributed by atoms with Crippen LogP contribution in [0.15, 0.2) is 29.5 Å². The highest BCUT2D eigenvalue weighted by molar-refractivity contribution is 9.13. The third-order valence-electron chi connectivity index (χ3n) is 1.30. The molecule has 0 saturated heterocycles. The van der Waals surface area contributed by atoms with Crippen LogP contribution in [0.2, 0.25) is 0 Å². The highest BCUT2D eigenvalue weighted by atomic mass is 79.9. The molecule has 0 atom stereocenters. The van der Waals surface area contributed by atoms with Gasteiger partial charge in [0.05, 0.1) is 8.66 Å². The second kappa shape index (κ2) is 3.64. The van der Waals surface area contributed by atoms with Gasteiger partial charge >= 0.3 is 0 Å². The van der Waals surface area contributed by atoms with Gasteiger partial charge in [-0.3, -0.25) is 0 Å². The van der Waals surface area contributed by atoms with E-state index in [1.165, 1.54) is 11.3 Å². The maximum Gasteiger partial charge on any atom is 0.242 e. The minimum absolute atomic E-state index is 0.288. The molecule has 2 rings (SSSR count). The van der Waals surface area contributed by atoms with E-state index in [9.17, 15) is 0 Å². The third kappa shape index (κ3) is 1.93. The van der Waals surface area contributed by atoms with E-state index in [0.29, 0.717) is 5.84 Å². The molecular formula is C6HBr2N3S2. The van der Waals surface area contributed by atoms with Crippen LogP contribution >= 0.6 is 55.4 Å². The van der Waals surface area contributed by atoms with E-state index in [0.717, 1.165) is 13.1 Å². The molecular weight excluding hydrogens is 338 g/mol. The molecule has 0 amide bonds. The van der Waals surface area contributed by atoms with Crippen molar-refractivity contribution >= 4 is 66.4 Å². The van der Waals surface area contributed by atoms with Crippen molar-refractivity contribution in [3.05, 3.63) is 19.2 Å². The molecule has 0 bridgehead atoms. The lowest BCUT2D eigenvalue weighted by molar-refractivity contribution is 1.41. The average Bonchev–Trinajstić information content (AvgIpc) is 2.61. The minimum Gasteiger partial charge on any atom is -0.194 e. The Hall–Kier alpha value is 0.0200. The van der Waals surface area contributed by atoms with Crippen molar-refractivity contribution in [2.24, 2.45) is 15.2 Å². The van der Waals surface area contributed by atoms with Gasteiger partial charge in [-0.05, 0) is 50.1 Å². The summed E-state index contributed by atoms with van der Waals surface area (Å²) >= 11 is 13.1. The standard InChI is InChI=1S/C6HBr2N3S2/c7-2-1-3(13-4(2)8)5-9-6(12)11-10-5/h1H. The molecule has 0 radical (unpaired) electrons. The Labute approximate surface area is 100 Å². The fourth-order valence-electron chi connectivity index (χ4n) is 0.787. The second-order valence-corrected chi connectivity index (χ2v) is 5.74. The molecule has 1 aromatic rings. The molecule has 0 spiro atoms. The lowest BCUT2D eigenvalue weighted by Crippen LogP contribution is -1.88. The van der Waals surface area contributed by atoms with Crippen molar-refractivity contribution in [1.82, 2.24) is 0 Å². The van der Waals surface area contributed by atoms with Gasteiger partial charge in [0.25, 0.3) is 0 Å². The van der Waals surface area contributed by atoms with E-state index in [1.54, 1.807) is 0 Å². The van der Waals surface area contributed by atoms with E-state index in [4.69, 9.17) is 12.2 Å². The van der Waals surface area contributed by atoms with Gasteiger partial charge in [0.2, 0.25) is 5.11 Å². The number of thiophene rings is 1. The first-order valence-electron chi connectivity index (χ1n) is 3.16. The molecule has 1 aliphatic rings. The zero-order chi connectivity index (χ0) is 9.42. The van der Waals surface area contributed by atoms with E-state index < -0.39 is 0 Å². The van der Waals surface area contributed by atoms with Crippen molar-refractivity contribution < 1.29 is 0 Å². The summed E-state index contributed by atoms with van der Waals surface area (Å²) in [6, 6.07) is 1.93. The van der Waals surface area contributed by atoms with Crippen LogP contribution in [-0.2, 0) is 0 Å². The second-order valence-electron chi connectivity index (χ2n) is 2.15. The normalized spacial score (nSPS) is 15.2. The molecule has 1 aromatic heterocycles.